The Kier molecular flexibility index (Phi) is 7.32. The molecule has 4 nitrogen and oxygen atoms in total. The van der Waals surface area contributed by atoms with Gasteiger partial charge in [-0.15, -0.1) is 11.8 Å². The molecule has 0 heterocycles. The van der Waals surface area contributed by atoms with Gasteiger partial charge in [-0.1, -0.05) is 30.7 Å². The second kappa shape index (κ2) is 8.74. The number of hydrogen-bond donors (Lipinski definition) is 2. The lowest BCUT2D eigenvalue weighted by molar-refractivity contribution is -0.139. The minimum absolute atomic E-state index is 0.244. The zero-order valence-corrected chi connectivity index (χ0v) is 13.5. The van der Waals surface area contributed by atoms with Gasteiger partial charge in [-0.05, 0) is 37.3 Å². The van der Waals surface area contributed by atoms with E-state index in [0.29, 0.717) is 10.6 Å². The summed E-state index contributed by atoms with van der Waals surface area (Å²) in [7, 11) is 0. The maximum atomic E-state index is 12.3. The second-order valence-corrected chi connectivity index (χ2v) is 5.98. The quantitative estimate of drug-likeness (QED) is 0.593. The molecular weight excluding hydrogens is 310 g/mol. The lowest BCUT2D eigenvalue weighted by Gasteiger charge is -2.14. The zero-order valence-electron chi connectivity index (χ0n) is 11.9. The molecule has 0 radical (unpaired) electrons. The fraction of sp³-hybridized carbons (Fsp3) is 0.333. The van der Waals surface area contributed by atoms with Crippen LogP contribution in [0.2, 0.25) is 5.02 Å². The van der Waals surface area contributed by atoms with E-state index in [1.807, 2.05) is 6.92 Å². The molecule has 6 heteroatoms. The molecule has 0 saturated heterocycles. The van der Waals surface area contributed by atoms with Gasteiger partial charge in [0.2, 0.25) is 0 Å². The van der Waals surface area contributed by atoms with Crippen molar-refractivity contribution in [3.63, 3.8) is 0 Å². The zero-order chi connectivity index (χ0) is 15.8. The van der Waals surface area contributed by atoms with Crippen molar-refractivity contribution < 1.29 is 14.7 Å². The van der Waals surface area contributed by atoms with Crippen LogP contribution in [0.1, 0.15) is 30.6 Å². The minimum atomic E-state index is -1.06. The van der Waals surface area contributed by atoms with Crippen LogP contribution in [-0.4, -0.2) is 28.8 Å². The van der Waals surface area contributed by atoms with Crippen LogP contribution in [0.15, 0.2) is 35.2 Å². The Labute approximate surface area is 133 Å². The predicted molar refractivity (Wildman–Crippen MR) is 86.2 cm³/mol. The van der Waals surface area contributed by atoms with Crippen molar-refractivity contribution in [2.24, 2.45) is 0 Å². The number of carboxylic acid groups (broad SMARTS) is 1. The van der Waals surface area contributed by atoms with Crippen LogP contribution in [0.3, 0.4) is 0 Å². The molecule has 1 aromatic carbocycles. The molecule has 1 atom stereocenters. The van der Waals surface area contributed by atoms with Crippen LogP contribution in [0, 0.1) is 0 Å². The number of aliphatic carboxylic acids is 1. The van der Waals surface area contributed by atoms with E-state index in [4.69, 9.17) is 16.7 Å². The fourth-order valence-electron chi connectivity index (χ4n) is 1.69. The number of rotatable bonds is 7. The standard InChI is InChI=1S/C15H18ClNO3S/c1-3-5-6-12(15(19)20)17-14(18)11-9-10(16)7-8-13(11)21-4-2/h3,5,7-9,12H,4,6H2,1-2H3,(H,17,18)(H,19,20)/b5-3+. The maximum Gasteiger partial charge on any atom is 0.326 e. The molecule has 0 spiro atoms. The third-order valence-electron chi connectivity index (χ3n) is 2.70. The summed E-state index contributed by atoms with van der Waals surface area (Å²) in [6.07, 6.45) is 3.70. The van der Waals surface area contributed by atoms with Gasteiger partial charge < -0.3 is 10.4 Å². The van der Waals surface area contributed by atoms with Gasteiger partial charge >= 0.3 is 5.97 Å². The largest absolute Gasteiger partial charge is 0.480 e. The number of carboxylic acids is 1. The van der Waals surface area contributed by atoms with Crippen molar-refractivity contribution >= 4 is 35.2 Å². The number of nitrogens with one attached hydrogen (secondary N) is 1. The molecule has 1 amide bonds. The smallest absolute Gasteiger partial charge is 0.326 e. The van der Waals surface area contributed by atoms with Gasteiger partial charge in [0.25, 0.3) is 5.91 Å². The number of carbonyl (C=O) groups is 2. The molecule has 0 bridgehead atoms. The van der Waals surface area contributed by atoms with Gasteiger partial charge in [-0.3, -0.25) is 4.79 Å². The number of halogens is 1. The molecule has 0 aliphatic rings. The summed E-state index contributed by atoms with van der Waals surface area (Å²) < 4.78 is 0. The van der Waals surface area contributed by atoms with E-state index in [1.165, 1.54) is 11.8 Å². The van der Waals surface area contributed by atoms with E-state index < -0.39 is 17.9 Å². The highest BCUT2D eigenvalue weighted by molar-refractivity contribution is 7.99. The average molecular weight is 328 g/mol. The predicted octanol–water partition coefficient (Wildman–Crippen LogP) is 3.60. The molecule has 1 aromatic rings. The molecule has 1 rings (SSSR count). The van der Waals surface area contributed by atoms with Crippen molar-refractivity contribution in [2.45, 2.75) is 31.2 Å². The summed E-state index contributed by atoms with van der Waals surface area (Å²) in [6.45, 7) is 3.78. The second-order valence-electron chi connectivity index (χ2n) is 4.24. The average Bonchev–Trinajstić information content (AvgIpc) is 2.45. The monoisotopic (exact) mass is 327 g/mol. The van der Waals surface area contributed by atoms with E-state index in [0.717, 1.165) is 10.6 Å². The molecule has 0 saturated carbocycles. The van der Waals surface area contributed by atoms with Crippen LogP contribution < -0.4 is 5.32 Å². The first kappa shape index (κ1) is 17.6. The number of thioether (sulfide) groups is 1. The Hall–Kier alpha value is -1.46. The van der Waals surface area contributed by atoms with E-state index in [2.05, 4.69) is 5.32 Å². The van der Waals surface area contributed by atoms with Crippen molar-refractivity contribution in [2.75, 3.05) is 5.75 Å². The SMILES string of the molecule is C/C=C/CC(NC(=O)c1cc(Cl)ccc1SCC)C(=O)O. The van der Waals surface area contributed by atoms with E-state index >= 15 is 0 Å². The van der Waals surface area contributed by atoms with Gasteiger partial charge in [0.05, 0.1) is 5.56 Å². The first-order valence-electron chi connectivity index (χ1n) is 6.56. The summed E-state index contributed by atoms with van der Waals surface area (Å²) >= 11 is 7.44. The highest BCUT2D eigenvalue weighted by atomic mass is 35.5. The molecule has 0 aliphatic carbocycles. The lowest BCUT2D eigenvalue weighted by Crippen LogP contribution is -2.40. The van der Waals surface area contributed by atoms with E-state index in [9.17, 15) is 9.59 Å². The van der Waals surface area contributed by atoms with Gasteiger partial charge in [0.15, 0.2) is 0 Å². The maximum absolute atomic E-state index is 12.3. The van der Waals surface area contributed by atoms with Gasteiger partial charge in [-0.25, -0.2) is 4.79 Å². The van der Waals surface area contributed by atoms with Crippen molar-refractivity contribution in [3.05, 3.63) is 40.9 Å². The molecule has 0 aromatic heterocycles. The number of amides is 1. The number of carbonyl (C=O) groups excluding carboxylic acids is 1. The topological polar surface area (TPSA) is 66.4 Å². The molecule has 1 unspecified atom stereocenters. The van der Waals surface area contributed by atoms with Crippen molar-refractivity contribution in [1.29, 1.82) is 0 Å². The highest BCUT2D eigenvalue weighted by Crippen LogP contribution is 2.25. The van der Waals surface area contributed by atoms with Gasteiger partial charge in [-0.2, -0.15) is 0 Å². The number of benzene rings is 1. The summed E-state index contributed by atoms with van der Waals surface area (Å²) in [5.74, 6) is -0.679. The summed E-state index contributed by atoms with van der Waals surface area (Å²) in [5.41, 5.74) is 0.404. The molecule has 114 valence electrons. The summed E-state index contributed by atoms with van der Waals surface area (Å²) in [4.78, 5) is 24.3. The number of hydrogen-bond acceptors (Lipinski definition) is 3. The fourth-order valence-corrected chi connectivity index (χ4v) is 2.65. The third-order valence-corrected chi connectivity index (χ3v) is 3.89. The minimum Gasteiger partial charge on any atom is -0.480 e. The first-order valence-corrected chi connectivity index (χ1v) is 7.93. The van der Waals surface area contributed by atoms with E-state index in [-0.39, 0.29) is 6.42 Å². The van der Waals surface area contributed by atoms with Crippen LogP contribution in [-0.2, 0) is 4.79 Å². The number of allylic oxidation sites excluding steroid dienone is 1. The van der Waals surface area contributed by atoms with Crippen molar-refractivity contribution in [3.8, 4) is 0 Å². The van der Waals surface area contributed by atoms with Crippen LogP contribution in [0.25, 0.3) is 0 Å². The van der Waals surface area contributed by atoms with Crippen LogP contribution >= 0.6 is 23.4 Å². The Morgan fingerprint density at radius 1 is 1.48 bits per heavy atom. The highest BCUT2D eigenvalue weighted by Gasteiger charge is 2.21. The Morgan fingerprint density at radius 2 is 2.19 bits per heavy atom. The van der Waals surface area contributed by atoms with Crippen molar-refractivity contribution in [1.82, 2.24) is 5.32 Å². The lowest BCUT2D eigenvalue weighted by atomic mass is 10.1. The normalized spacial score (nSPS) is 12.3. The summed E-state index contributed by atoms with van der Waals surface area (Å²) in [5, 5.41) is 12.1. The molecule has 0 fully saturated rings. The third kappa shape index (κ3) is 5.44. The summed E-state index contributed by atoms with van der Waals surface area (Å²) in [6, 6.07) is 4.09. The molecule has 21 heavy (non-hydrogen) atoms. The Bertz CT molecular complexity index is 546. The van der Waals surface area contributed by atoms with Crippen LogP contribution in [0.4, 0.5) is 0 Å². The Balaban J connectivity index is 2.96. The van der Waals surface area contributed by atoms with Gasteiger partial charge in [0, 0.05) is 9.92 Å². The molecule has 2 N–H and O–H groups in total. The Morgan fingerprint density at radius 3 is 2.76 bits per heavy atom. The van der Waals surface area contributed by atoms with Crippen LogP contribution in [0.5, 0.6) is 0 Å². The molecular formula is C15H18ClNO3S. The van der Waals surface area contributed by atoms with E-state index in [1.54, 1.807) is 37.3 Å². The van der Waals surface area contributed by atoms with Gasteiger partial charge in [0.1, 0.15) is 6.04 Å². The molecule has 0 aliphatic heterocycles. The first-order chi connectivity index (χ1) is 9.99.